The predicted octanol–water partition coefficient (Wildman–Crippen LogP) is 1.54. The minimum Gasteiger partial charge on any atom is -0.369 e. The Bertz CT molecular complexity index is 543. The van der Waals surface area contributed by atoms with E-state index in [9.17, 15) is 0 Å². The van der Waals surface area contributed by atoms with E-state index in [4.69, 9.17) is 0 Å². The van der Waals surface area contributed by atoms with E-state index in [0.717, 1.165) is 30.6 Å². The van der Waals surface area contributed by atoms with E-state index in [0.29, 0.717) is 0 Å². The van der Waals surface area contributed by atoms with Crippen LogP contribution < -0.4 is 5.32 Å². The number of hydrogen-bond acceptors (Lipinski definition) is 4. The lowest BCUT2D eigenvalue weighted by Crippen LogP contribution is -2.27. The molecule has 5 heteroatoms. The second-order valence-electron chi connectivity index (χ2n) is 5.09. The minimum absolute atomic E-state index is 0.815. The van der Waals surface area contributed by atoms with Gasteiger partial charge in [0.15, 0.2) is 5.65 Å². The maximum Gasteiger partial charge on any atom is 0.157 e. The Labute approximate surface area is 107 Å². The third kappa shape index (κ3) is 2.31. The highest BCUT2D eigenvalue weighted by Gasteiger charge is 2.25. The summed E-state index contributed by atoms with van der Waals surface area (Å²) in [6, 6.07) is 4.96. The molecule has 0 spiro atoms. The molecular formula is C13H19N5. The van der Waals surface area contributed by atoms with Crippen LogP contribution in [0.3, 0.4) is 0 Å². The molecule has 2 heterocycles. The summed E-state index contributed by atoms with van der Waals surface area (Å²) in [4.78, 5) is 6.64. The summed E-state index contributed by atoms with van der Waals surface area (Å²) in [7, 11) is 2.20. The lowest BCUT2D eigenvalue weighted by atomic mass is 10.3. The molecule has 2 aromatic rings. The van der Waals surface area contributed by atoms with E-state index in [1.54, 1.807) is 6.33 Å². The molecule has 0 atom stereocenters. The van der Waals surface area contributed by atoms with Crippen molar-refractivity contribution >= 4 is 11.5 Å². The molecule has 0 bridgehead atoms. The van der Waals surface area contributed by atoms with Gasteiger partial charge in [-0.15, -0.1) is 0 Å². The first-order valence-corrected chi connectivity index (χ1v) is 6.48. The third-order valence-electron chi connectivity index (χ3n) is 3.46. The number of aromatic nitrogens is 3. The summed E-state index contributed by atoms with van der Waals surface area (Å²) in [5.74, 6) is 1.02. The molecule has 0 aromatic carbocycles. The SMILES string of the molecule is Cc1cc(NCCN(C)C2CC2)n2ncnc2c1. The molecule has 0 saturated heterocycles. The average molecular weight is 245 g/mol. The first-order valence-electron chi connectivity index (χ1n) is 6.48. The zero-order chi connectivity index (χ0) is 12.5. The van der Waals surface area contributed by atoms with Crippen LogP contribution in [0.4, 0.5) is 5.82 Å². The Morgan fingerprint density at radius 2 is 2.28 bits per heavy atom. The highest BCUT2D eigenvalue weighted by atomic mass is 15.3. The zero-order valence-electron chi connectivity index (χ0n) is 10.9. The van der Waals surface area contributed by atoms with Crippen molar-refractivity contribution in [2.75, 3.05) is 25.5 Å². The van der Waals surface area contributed by atoms with Crippen LogP contribution >= 0.6 is 0 Å². The Hall–Kier alpha value is -1.62. The lowest BCUT2D eigenvalue weighted by molar-refractivity contribution is 0.337. The molecule has 0 unspecified atom stereocenters. The van der Waals surface area contributed by atoms with E-state index >= 15 is 0 Å². The Morgan fingerprint density at radius 3 is 3.06 bits per heavy atom. The number of nitrogens with one attached hydrogen (secondary N) is 1. The summed E-state index contributed by atoms with van der Waals surface area (Å²) >= 11 is 0. The Balaban J connectivity index is 1.67. The molecule has 1 aliphatic rings. The van der Waals surface area contributed by atoms with Crippen LogP contribution in [0.1, 0.15) is 18.4 Å². The van der Waals surface area contributed by atoms with Crippen molar-refractivity contribution in [1.82, 2.24) is 19.5 Å². The summed E-state index contributed by atoms with van der Waals surface area (Å²) in [5, 5.41) is 7.68. The van der Waals surface area contributed by atoms with Crippen molar-refractivity contribution in [2.45, 2.75) is 25.8 Å². The molecular weight excluding hydrogens is 226 g/mol. The molecule has 2 aromatic heterocycles. The summed E-state index contributed by atoms with van der Waals surface area (Å²) in [5.41, 5.74) is 2.10. The molecule has 0 amide bonds. The maximum absolute atomic E-state index is 4.23. The third-order valence-corrected chi connectivity index (χ3v) is 3.46. The van der Waals surface area contributed by atoms with Crippen LogP contribution in [0.15, 0.2) is 18.5 Å². The van der Waals surface area contributed by atoms with Crippen LogP contribution in [-0.4, -0.2) is 45.7 Å². The first kappa shape index (κ1) is 11.5. The number of nitrogens with zero attached hydrogens (tertiary/aromatic N) is 4. The number of fused-ring (bicyclic) bond motifs is 1. The number of rotatable bonds is 5. The van der Waals surface area contributed by atoms with Crippen molar-refractivity contribution in [1.29, 1.82) is 0 Å². The highest BCUT2D eigenvalue weighted by Crippen LogP contribution is 2.24. The topological polar surface area (TPSA) is 45.5 Å². The van der Waals surface area contributed by atoms with Gasteiger partial charge in [-0.2, -0.15) is 9.61 Å². The average Bonchev–Trinajstić information content (AvgIpc) is 3.08. The second-order valence-corrected chi connectivity index (χ2v) is 5.09. The monoisotopic (exact) mass is 245 g/mol. The fourth-order valence-corrected chi connectivity index (χ4v) is 2.24. The number of hydrogen-bond donors (Lipinski definition) is 1. The van der Waals surface area contributed by atoms with Gasteiger partial charge in [-0.25, -0.2) is 4.98 Å². The number of aryl methyl sites for hydroxylation is 1. The van der Waals surface area contributed by atoms with Crippen LogP contribution in [-0.2, 0) is 0 Å². The summed E-state index contributed by atoms with van der Waals surface area (Å²) in [6.07, 6.45) is 4.30. The molecule has 18 heavy (non-hydrogen) atoms. The van der Waals surface area contributed by atoms with E-state index in [1.807, 2.05) is 10.6 Å². The van der Waals surface area contributed by atoms with Crippen molar-refractivity contribution in [3.8, 4) is 0 Å². The van der Waals surface area contributed by atoms with Gasteiger partial charge in [0.25, 0.3) is 0 Å². The van der Waals surface area contributed by atoms with Crippen molar-refractivity contribution in [3.63, 3.8) is 0 Å². The molecule has 1 fully saturated rings. The molecule has 1 aliphatic carbocycles. The Kier molecular flexibility index (Phi) is 2.91. The van der Waals surface area contributed by atoms with E-state index in [2.05, 4.69) is 40.3 Å². The largest absolute Gasteiger partial charge is 0.369 e. The molecule has 0 aliphatic heterocycles. The summed E-state index contributed by atoms with van der Waals surface area (Å²) in [6.45, 7) is 4.08. The van der Waals surface area contributed by atoms with Gasteiger partial charge in [0, 0.05) is 19.1 Å². The first-order chi connectivity index (χ1) is 8.74. The molecule has 1 saturated carbocycles. The van der Waals surface area contributed by atoms with Crippen LogP contribution in [0.25, 0.3) is 5.65 Å². The standard InChI is InChI=1S/C13H19N5/c1-10-7-12(18-13(8-10)15-9-16-18)14-5-6-17(2)11-3-4-11/h7-9,11,14H,3-6H2,1-2H3. The van der Waals surface area contributed by atoms with Crippen LogP contribution in [0.5, 0.6) is 0 Å². The smallest absolute Gasteiger partial charge is 0.157 e. The number of likely N-dealkylation sites (N-methyl/N-ethyl adjacent to an activating group) is 1. The number of pyridine rings is 1. The van der Waals surface area contributed by atoms with Gasteiger partial charge in [-0.1, -0.05) is 0 Å². The Morgan fingerprint density at radius 1 is 1.44 bits per heavy atom. The lowest BCUT2D eigenvalue weighted by Gasteiger charge is -2.16. The van der Waals surface area contributed by atoms with Gasteiger partial charge in [-0.05, 0) is 44.5 Å². The molecule has 1 N–H and O–H groups in total. The van der Waals surface area contributed by atoms with E-state index in [-0.39, 0.29) is 0 Å². The van der Waals surface area contributed by atoms with Gasteiger partial charge >= 0.3 is 0 Å². The van der Waals surface area contributed by atoms with Crippen LogP contribution in [0, 0.1) is 6.92 Å². The van der Waals surface area contributed by atoms with Gasteiger partial charge < -0.3 is 10.2 Å². The van der Waals surface area contributed by atoms with Crippen molar-refractivity contribution < 1.29 is 0 Å². The second kappa shape index (κ2) is 4.57. The van der Waals surface area contributed by atoms with Gasteiger partial charge in [0.1, 0.15) is 12.1 Å². The predicted molar refractivity (Wildman–Crippen MR) is 71.9 cm³/mol. The minimum atomic E-state index is 0.815. The fourth-order valence-electron chi connectivity index (χ4n) is 2.24. The van der Waals surface area contributed by atoms with Gasteiger partial charge in [-0.3, -0.25) is 0 Å². The molecule has 96 valence electrons. The maximum atomic E-state index is 4.23. The quantitative estimate of drug-likeness (QED) is 0.868. The number of anilines is 1. The highest BCUT2D eigenvalue weighted by molar-refractivity contribution is 5.51. The molecule has 0 radical (unpaired) electrons. The zero-order valence-corrected chi connectivity index (χ0v) is 10.9. The van der Waals surface area contributed by atoms with Gasteiger partial charge in [0.2, 0.25) is 0 Å². The van der Waals surface area contributed by atoms with E-state index in [1.165, 1.54) is 18.4 Å². The van der Waals surface area contributed by atoms with Gasteiger partial charge in [0.05, 0.1) is 0 Å². The van der Waals surface area contributed by atoms with E-state index < -0.39 is 0 Å². The fraction of sp³-hybridized carbons (Fsp3) is 0.538. The van der Waals surface area contributed by atoms with Crippen LogP contribution in [0.2, 0.25) is 0 Å². The molecule has 3 rings (SSSR count). The molecule has 5 nitrogen and oxygen atoms in total. The summed E-state index contributed by atoms with van der Waals surface area (Å²) < 4.78 is 1.85. The normalized spacial score (nSPS) is 15.5. The van der Waals surface area contributed by atoms with Crippen molar-refractivity contribution in [2.24, 2.45) is 0 Å². The van der Waals surface area contributed by atoms with Crippen molar-refractivity contribution in [3.05, 3.63) is 24.0 Å².